The maximum absolute atomic E-state index is 12.3. The van der Waals surface area contributed by atoms with Crippen molar-refractivity contribution in [3.63, 3.8) is 0 Å². The van der Waals surface area contributed by atoms with Gasteiger partial charge in [0.2, 0.25) is 5.91 Å². The summed E-state index contributed by atoms with van der Waals surface area (Å²) in [6, 6.07) is 14.9. The first-order chi connectivity index (χ1) is 12.0. The van der Waals surface area contributed by atoms with E-state index in [2.05, 4.69) is 5.32 Å². The maximum atomic E-state index is 12.3. The first kappa shape index (κ1) is 17.0. The van der Waals surface area contributed by atoms with E-state index in [0.717, 1.165) is 24.1 Å². The van der Waals surface area contributed by atoms with Gasteiger partial charge in [-0.2, -0.15) is 0 Å². The lowest BCUT2D eigenvalue weighted by molar-refractivity contribution is -0.120. The van der Waals surface area contributed by atoms with Crippen LogP contribution in [0.25, 0.3) is 0 Å². The molecule has 2 aromatic rings. The third-order valence-electron chi connectivity index (χ3n) is 4.21. The number of hydrogen-bond donors (Lipinski definition) is 1. The van der Waals surface area contributed by atoms with Crippen LogP contribution in [0, 0.1) is 12.8 Å². The quantitative estimate of drug-likeness (QED) is 0.878. The van der Waals surface area contributed by atoms with Gasteiger partial charge < -0.3 is 15.0 Å². The van der Waals surface area contributed by atoms with Crippen LogP contribution in [0.1, 0.15) is 18.4 Å². The van der Waals surface area contributed by atoms with Crippen LogP contribution in [0.4, 0.5) is 11.4 Å². The molecule has 0 unspecified atom stereocenters. The number of rotatable bonds is 6. The minimum atomic E-state index is -0.142. The Bertz CT molecular complexity index is 767. The highest BCUT2D eigenvalue weighted by Gasteiger charge is 2.29. The van der Waals surface area contributed by atoms with Crippen LogP contribution in [0.5, 0.6) is 5.75 Å². The number of amides is 2. The molecule has 1 saturated carbocycles. The van der Waals surface area contributed by atoms with Crippen LogP contribution in [0.15, 0.2) is 48.5 Å². The monoisotopic (exact) mass is 338 g/mol. The molecule has 1 aliphatic rings. The van der Waals surface area contributed by atoms with Crippen molar-refractivity contribution in [3.8, 4) is 5.75 Å². The Morgan fingerprint density at radius 3 is 2.56 bits per heavy atom. The van der Waals surface area contributed by atoms with Crippen molar-refractivity contribution >= 4 is 23.2 Å². The van der Waals surface area contributed by atoms with Crippen molar-refractivity contribution in [2.45, 2.75) is 19.8 Å². The second kappa shape index (κ2) is 7.38. The molecule has 0 atom stereocenters. The highest BCUT2D eigenvalue weighted by Crippen LogP contribution is 2.30. The zero-order chi connectivity index (χ0) is 17.8. The van der Waals surface area contributed by atoms with Gasteiger partial charge in [0.15, 0.2) is 6.61 Å². The van der Waals surface area contributed by atoms with Gasteiger partial charge in [-0.25, -0.2) is 0 Å². The SMILES string of the molecule is Cc1ccc(N(C)C(=O)COc2cccc(NC(=O)C3CC3)c2)cc1. The van der Waals surface area contributed by atoms with Gasteiger partial charge in [0.05, 0.1) is 0 Å². The lowest BCUT2D eigenvalue weighted by Crippen LogP contribution is -2.31. The van der Waals surface area contributed by atoms with E-state index in [-0.39, 0.29) is 24.3 Å². The van der Waals surface area contributed by atoms with E-state index in [1.54, 1.807) is 30.1 Å². The molecule has 1 aliphatic carbocycles. The molecule has 0 aliphatic heterocycles. The fourth-order valence-corrected chi connectivity index (χ4v) is 2.41. The number of nitrogens with one attached hydrogen (secondary N) is 1. The number of likely N-dealkylation sites (N-methyl/N-ethyl adjacent to an activating group) is 1. The van der Waals surface area contributed by atoms with Crippen LogP contribution in [-0.2, 0) is 9.59 Å². The smallest absolute Gasteiger partial charge is 0.264 e. The fraction of sp³-hybridized carbons (Fsp3) is 0.300. The number of anilines is 2. The van der Waals surface area contributed by atoms with Gasteiger partial charge in [-0.1, -0.05) is 23.8 Å². The minimum Gasteiger partial charge on any atom is -0.484 e. The number of carbonyl (C=O) groups is 2. The maximum Gasteiger partial charge on any atom is 0.264 e. The Balaban J connectivity index is 1.56. The summed E-state index contributed by atoms with van der Waals surface area (Å²) in [7, 11) is 1.72. The van der Waals surface area contributed by atoms with E-state index in [4.69, 9.17) is 4.74 Å². The minimum absolute atomic E-state index is 0.0485. The molecule has 2 amide bonds. The van der Waals surface area contributed by atoms with Gasteiger partial charge in [-0.05, 0) is 44.0 Å². The second-order valence-electron chi connectivity index (χ2n) is 6.37. The van der Waals surface area contributed by atoms with E-state index < -0.39 is 0 Å². The van der Waals surface area contributed by atoms with Gasteiger partial charge >= 0.3 is 0 Å². The average Bonchev–Trinajstić information content (AvgIpc) is 3.45. The van der Waals surface area contributed by atoms with Crippen LogP contribution in [0.3, 0.4) is 0 Å². The molecule has 0 aromatic heterocycles. The van der Waals surface area contributed by atoms with Gasteiger partial charge in [-0.15, -0.1) is 0 Å². The lowest BCUT2D eigenvalue weighted by atomic mass is 10.2. The van der Waals surface area contributed by atoms with Crippen molar-refractivity contribution in [2.75, 3.05) is 23.9 Å². The van der Waals surface area contributed by atoms with Gasteiger partial charge in [0, 0.05) is 30.4 Å². The largest absolute Gasteiger partial charge is 0.484 e. The Kier molecular flexibility index (Phi) is 5.03. The summed E-state index contributed by atoms with van der Waals surface area (Å²) in [5.41, 5.74) is 2.66. The highest BCUT2D eigenvalue weighted by molar-refractivity contribution is 5.95. The molecule has 0 spiro atoms. The lowest BCUT2D eigenvalue weighted by Gasteiger charge is -2.18. The number of nitrogens with zero attached hydrogens (tertiary/aromatic N) is 1. The van der Waals surface area contributed by atoms with Gasteiger partial charge in [0.25, 0.3) is 5.91 Å². The van der Waals surface area contributed by atoms with E-state index in [9.17, 15) is 9.59 Å². The van der Waals surface area contributed by atoms with Crippen LogP contribution >= 0.6 is 0 Å². The summed E-state index contributed by atoms with van der Waals surface area (Å²) in [6.45, 7) is 1.94. The van der Waals surface area contributed by atoms with Crippen LogP contribution in [-0.4, -0.2) is 25.5 Å². The molecule has 5 heteroatoms. The molecule has 0 radical (unpaired) electrons. The number of carbonyl (C=O) groups excluding carboxylic acids is 2. The summed E-state index contributed by atoms with van der Waals surface area (Å²) in [4.78, 5) is 25.7. The second-order valence-corrected chi connectivity index (χ2v) is 6.37. The van der Waals surface area contributed by atoms with Crippen LogP contribution < -0.4 is 15.0 Å². The predicted molar refractivity (Wildman–Crippen MR) is 97.9 cm³/mol. The highest BCUT2D eigenvalue weighted by atomic mass is 16.5. The summed E-state index contributed by atoms with van der Waals surface area (Å²) < 4.78 is 5.59. The van der Waals surface area contributed by atoms with Crippen molar-refractivity contribution in [1.82, 2.24) is 0 Å². The Hall–Kier alpha value is -2.82. The van der Waals surface area contributed by atoms with Gasteiger partial charge in [0.1, 0.15) is 5.75 Å². The van der Waals surface area contributed by atoms with Gasteiger partial charge in [-0.3, -0.25) is 9.59 Å². The normalized spacial score (nSPS) is 13.2. The third-order valence-corrected chi connectivity index (χ3v) is 4.21. The molecule has 0 bridgehead atoms. The number of hydrogen-bond acceptors (Lipinski definition) is 3. The van der Waals surface area contributed by atoms with Crippen molar-refractivity contribution < 1.29 is 14.3 Å². The zero-order valence-corrected chi connectivity index (χ0v) is 14.5. The van der Waals surface area contributed by atoms with Crippen molar-refractivity contribution in [3.05, 3.63) is 54.1 Å². The summed E-state index contributed by atoms with van der Waals surface area (Å²) in [5.74, 6) is 0.608. The Labute approximate surface area is 147 Å². The molecule has 3 rings (SSSR count). The van der Waals surface area contributed by atoms with Crippen molar-refractivity contribution in [2.24, 2.45) is 5.92 Å². The molecule has 5 nitrogen and oxygen atoms in total. The van der Waals surface area contributed by atoms with E-state index in [0.29, 0.717) is 11.4 Å². The summed E-state index contributed by atoms with van der Waals surface area (Å²) in [6.07, 6.45) is 1.92. The number of ether oxygens (including phenoxy) is 1. The first-order valence-corrected chi connectivity index (χ1v) is 8.40. The molecule has 0 heterocycles. The summed E-state index contributed by atoms with van der Waals surface area (Å²) >= 11 is 0. The molecule has 130 valence electrons. The molecule has 1 N–H and O–H groups in total. The number of benzene rings is 2. The van der Waals surface area contributed by atoms with Crippen molar-refractivity contribution in [1.29, 1.82) is 0 Å². The summed E-state index contributed by atoms with van der Waals surface area (Å²) in [5, 5.41) is 2.87. The fourth-order valence-electron chi connectivity index (χ4n) is 2.41. The molecular formula is C20H22N2O3. The molecule has 1 fully saturated rings. The molecule has 25 heavy (non-hydrogen) atoms. The topological polar surface area (TPSA) is 58.6 Å². The Morgan fingerprint density at radius 1 is 1.16 bits per heavy atom. The first-order valence-electron chi connectivity index (χ1n) is 8.40. The molecular weight excluding hydrogens is 316 g/mol. The van der Waals surface area contributed by atoms with E-state index in [1.165, 1.54) is 0 Å². The predicted octanol–water partition coefficient (Wildman–Crippen LogP) is 3.39. The van der Waals surface area contributed by atoms with Crippen LogP contribution in [0.2, 0.25) is 0 Å². The standard InChI is InChI=1S/C20H22N2O3/c1-14-6-10-17(11-7-14)22(2)19(23)13-25-18-5-3-4-16(12-18)21-20(24)15-8-9-15/h3-7,10-12,15H,8-9,13H2,1-2H3,(H,21,24). The third kappa shape index (κ3) is 4.59. The zero-order valence-electron chi connectivity index (χ0n) is 14.5. The van der Waals surface area contributed by atoms with E-state index >= 15 is 0 Å². The average molecular weight is 338 g/mol. The van der Waals surface area contributed by atoms with E-state index in [1.807, 2.05) is 37.3 Å². The number of aryl methyl sites for hydroxylation is 1. The molecule has 0 saturated heterocycles. The Morgan fingerprint density at radius 2 is 1.88 bits per heavy atom. The molecule has 2 aromatic carbocycles.